The van der Waals surface area contributed by atoms with E-state index in [2.05, 4.69) is 5.10 Å². The van der Waals surface area contributed by atoms with E-state index in [1.807, 2.05) is 6.92 Å². The molecule has 100 valence electrons. The van der Waals surface area contributed by atoms with E-state index < -0.39 is 16.0 Å². The number of hydrogen-bond donors (Lipinski definition) is 1. The Labute approximate surface area is 110 Å². The Morgan fingerprint density at radius 3 is 2.47 bits per heavy atom. The van der Waals surface area contributed by atoms with Gasteiger partial charge >= 0.3 is 5.97 Å². The fourth-order valence-electron chi connectivity index (χ4n) is 1.74. The van der Waals surface area contributed by atoms with Gasteiger partial charge in [0.15, 0.2) is 5.69 Å². The molecule has 2 aromatic rings. The lowest BCUT2D eigenvalue weighted by atomic mass is 10.2. The molecule has 7 heteroatoms. The first-order valence-electron chi connectivity index (χ1n) is 5.44. The maximum Gasteiger partial charge on any atom is 0.356 e. The van der Waals surface area contributed by atoms with Crippen molar-refractivity contribution >= 4 is 16.0 Å². The van der Waals surface area contributed by atoms with Crippen LogP contribution < -0.4 is 0 Å². The van der Waals surface area contributed by atoms with Crippen LogP contribution in [-0.4, -0.2) is 28.7 Å². The van der Waals surface area contributed by atoms with Gasteiger partial charge in [-0.1, -0.05) is 17.7 Å². The summed E-state index contributed by atoms with van der Waals surface area (Å²) >= 11 is 0. The van der Waals surface area contributed by atoms with Gasteiger partial charge in [-0.3, -0.25) is 0 Å². The summed E-state index contributed by atoms with van der Waals surface area (Å²) in [6.07, 6.45) is 1.12. The van der Waals surface area contributed by atoms with Crippen LogP contribution in [0.2, 0.25) is 0 Å². The van der Waals surface area contributed by atoms with Gasteiger partial charge in [-0.2, -0.15) is 17.6 Å². The van der Waals surface area contributed by atoms with E-state index in [0.29, 0.717) is 9.65 Å². The average molecular weight is 280 g/mol. The predicted molar refractivity (Wildman–Crippen MR) is 67.7 cm³/mol. The molecule has 2 rings (SSSR count). The van der Waals surface area contributed by atoms with Crippen molar-refractivity contribution in [3.8, 4) is 0 Å². The Morgan fingerprint density at radius 2 is 1.95 bits per heavy atom. The molecule has 0 amide bonds. The van der Waals surface area contributed by atoms with Crippen LogP contribution >= 0.6 is 0 Å². The van der Waals surface area contributed by atoms with Gasteiger partial charge in [0.2, 0.25) is 0 Å². The van der Waals surface area contributed by atoms with E-state index in [1.165, 1.54) is 6.07 Å². The number of nitrogens with zero attached hydrogens (tertiary/aromatic N) is 2. The van der Waals surface area contributed by atoms with Gasteiger partial charge in [0, 0.05) is 6.20 Å². The van der Waals surface area contributed by atoms with Crippen LogP contribution in [0, 0.1) is 13.8 Å². The number of carboxylic acids is 1. The number of carboxylic acid groups (broad SMARTS) is 1. The molecule has 0 bridgehead atoms. The third kappa shape index (κ3) is 2.37. The van der Waals surface area contributed by atoms with Gasteiger partial charge in [-0.25, -0.2) is 4.79 Å². The summed E-state index contributed by atoms with van der Waals surface area (Å²) in [4.78, 5) is 10.8. The van der Waals surface area contributed by atoms with Crippen molar-refractivity contribution in [3.63, 3.8) is 0 Å². The molecule has 1 heterocycles. The molecule has 6 nitrogen and oxygen atoms in total. The molecule has 0 aliphatic rings. The summed E-state index contributed by atoms with van der Waals surface area (Å²) in [5.41, 5.74) is 1.23. The zero-order valence-electron chi connectivity index (χ0n) is 10.4. The first kappa shape index (κ1) is 13.3. The maximum atomic E-state index is 12.3. The van der Waals surface area contributed by atoms with Gasteiger partial charge in [-0.05, 0) is 31.5 Å². The topological polar surface area (TPSA) is 89.3 Å². The first-order valence-corrected chi connectivity index (χ1v) is 6.88. The maximum absolute atomic E-state index is 12.3. The van der Waals surface area contributed by atoms with Crippen LogP contribution in [0.5, 0.6) is 0 Å². The minimum atomic E-state index is -3.86. The largest absolute Gasteiger partial charge is 0.476 e. The summed E-state index contributed by atoms with van der Waals surface area (Å²) in [7, 11) is -3.86. The van der Waals surface area contributed by atoms with Gasteiger partial charge in [-0.15, -0.1) is 0 Å². The fourth-order valence-corrected chi connectivity index (χ4v) is 3.07. The second kappa shape index (κ2) is 4.51. The highest BCUT2D eigenvalue weighted by molar-refractivity contribution is 7.89. The summed E-state index contributed by atoms with van der Waals surface area (Å²) < 4.78 is 25.3. The summed E-state index contributed by atoms with van der Waals surface area (Å²) in [6, 6.07) is 6.06. The third-order valence-electron chi connectivity index (χ3n) is 2.64. The van der Waals surface area contributed by atoms with Crippen molar-refractivity contribution < 1.29 is 18.3 Å². The molecule has 0 aliphatic heterocycles. The van der Waals surface area contributed by atoms with Crippen molar-refractivity contribution in [1.29, 1.82) is 0 Å². The van der Waals surface area contributed by atoms with Crippen LogP contribution in [0.1, 0.15) is 21.6 Å². The second-order valence-corrected chi connectivity index (χ2v) is 5.92. The molecule has 19 heavy (non-hydrogen) atoms. The van der Waals surface area contributed by atoms with Crippen LogP contribution in [-0.2, 0) is 10.0 Å². The number of hydrogen-bond acceptors (Lipinski definition) is 4. The number of aromatic nitrogens is 2. The molecule has 0 saturated carbocycles. The molecule has 0 unspecified atom stereocenters. The second-order valence-electron chi connectivity index (χ2n) is 4.15. The van der Waals surface area contributed by atoms with Crippen LogP contribution in [0.25, 0.3) is 0 Å². The highest BCUT2D eigenvalue weighted by Crippen LogP contribution is 2.19. The number of rotatable bonds is 3. The highest BCUT2D eigenvalue weighted by Gasteiger charge is 2.21. The summed E-state index contributed by atoms with van der Waals surface area (Å²) in [5, 5.41) is 12.3. The average Bonchev–Trinajstić information content (AvgIpc) is 2.78. The van der Waals surface area contributed by atoms with Crippen LogP contribution in [0.15, 0.2) is 35.4 Å². The van der Waals surface area contributed by atoms with Gasteiger partial charge in [0.05, 0.1) is 4.90 Å². The Balaban J connectivity index is 2.55. The summed E-state index contributed by atoms with van der Waals surface area (Å²) in [6.45, 7) is 3.54. The molecule has 1 N–H and O–H groups in total. The zero-order chi connectivity index (χ0) is 14.2. The van der Waals surface area contributed by atoms with Crippen molar-refractivity contribution in [3.05, 3.63) is 47.3 Å². The van der Waals surface area contributed by atoms with Crippen LogP contribution in [0.3, 0.4) is 0 Å². The van der Waals surface area contributed by atoms with Gasteiger partial charge in [0.1, 0.15) is 0 Å². The zero-order valence-corrected chi connectivity index (χ0v) is 11.2. The SMILES string of the molecule is Cc1ccc(S(=O)(=O)n2ccc(C(=O)O)n2)c(C)c1. The van der Waals surface area contributed by atoms with E-state index in [0.717, 1.165) is 17.8 Å². The quantitative estimate of drug-likeness (QED) is 0.918. The van der Waals surface area contributed by atoms with E-state index in [4.69, 9.17) is 5.11 Å². The van der Waals surface area contributed by atoms with Gasteiger partial charge in [0.25, 0.3) is 10.0 Å². The summed E-state index contributed by atoms with van der Waals surface area (Å²) in [5.74, 6) is -1.27. The molecule has 0 fully saturated rings. The molecule has 0 aliphatic carbocycles. The molecular formula is C12H12N2O4S. The van der Waals surface area contributed by atoms with Crippen molar-refractivity contribution in [2.24, 2.45) is 0 Å². The Morgan fingerprint density at radius 1 is 1.26 bits per heavy atom. The third-order valence-corrected chi connectivity index (χ3v) is 4.35. The van der Waals surface area contributed by atoms with Crippen molar-refractivity contribution in [2.75, 3.05) is 0 Å². The lowest BCUT2D eigenvalue weighted by Gasteiger charge is -2.08. The predicted octanol–water partition coefficient (Wildman–Crippen LogP) is 1.44. The molecule has 1 aromatic carbocycles. The van der Waals surface area contributed by atoms with E-state index in [-0.39, 0.29) is 10.6 Å². The Hall–Kier alpha value is -2.15. The Kier molecular flexibility index (Phi) is 3.15. The number of carbonyl (C=O) groups is 1. The first-order chi connectivity index (χ1) is 8.82. The van der Waals surface area contributed by atoms with Gasteiger partial charge < -0.3 is 5.11 Å². The lowest BCUT2D eigenvalue weighted by molar-refractivity contribution is 0.0690. The fraction of sp³-hybridized carbons (Fsp3) is 0.167. The standard InChI is InChI=1S/C12H12N2O4S/c1-8-3-4-11(9(2)7-8)19(17,18)14-6-5-10(13-14)12(15)16/h3-7H,1-2H3,(H,15,16). The molecule has 1 aromatic heterocycles. The molecule has 0 atom stereocenters. The smallest absolute Gasteiger partial charge is 0.356 e. The van der Waals surface area contributed by atoms with E-state index >= 15 is 0 Å². The van der Waals surface area contributed by atoms with Crippen molar-refractivity contribution in [2.45, 2.75) is 18.7 Å². The molecule has 0 saturated heterocycles. The number of aromatic carboxylic acids is 1. The minimum Gasteiger partial charge on any atom is -0.476 e. The normalized spacial score (nSPS) is 11.5. The monoisotopic (exact) mass is 280 g/mol. The van der Waals surface area contributed by atoms with Crippen LogP contribution in [0.4, 0.5) is 0 Å². The van der Waals surface area contributed by atoms with E-state index in [1.54, 1.807) is 19.1 Å². The molecular weight excluding hydrogens is 268 g/mol. The lowest BCUT2D eigenvalue weighted by Crippen LogP contribution is -2.15. The number of benzene rings is 1. The molecule has 0 radical (unpaired) electrons. The molecule has 0 spiro atoms. The number of aryl methyl sites for hydroxylation is 2. The van der Waals surface area contributed by atoms with E-state index in [9.17, 15) is 13.2 Å². The Bertz CT molecular complexity index is 747. The van der Waals surface area contributed by atoms with Crippen molar-refractivity contribution in [1.82, 2.24) is 9.19 Å². The highest BCUT2D eigenvalue weighted by atomic mass is 32.2. The minimum absolute atomic E-state index is 0.109.